The van der Waals surface area contributed by atoms with E-state index in [0.29, 0.717) is 0 Å². The average Bonchev–Trinajstić information content (AvgIpc) is 2.02. The third kappa shape index (κ3) is 1.39. The largest absolute Gasteiger partial charge is 0.482 e. The van der Waals surface area contributed by atoms with E-state index in [-0.39, 0.29) is 30.1 Å². The number of ether oxygens (including phenoxy) is 1. The Morgan fingerprint density at radius 2 is 2.08 bits per heavy atom. The van der Waals surface area contributed by atoms with E-state index in [1.807, 2.05) is 0 Å². The molecular weight excluding hydrogens is 178 g/mol. The fraction of sp³-hybridized carbons (Fsp3) is 0.222. The van der Waals surface area contributed by atoms with Crippen molar-refractivity contribution in [1.29, 1.82) is 0 Å². The van der Waals surface area contributed by atoms with E-state index < -0.39 is 11.6 Å². The van der Waals surface area contributed by atoms with Crippen molar-refractivity contribution < 1.29 is 18.3 Å². The fourth-order valence-corrected chi connectivity index (χ4v) is 1.32. The second-order valence-corrected chi connectivity index (χ2v) is 2.88. The summed E-state index contributed by atoms with van der Waals surface area (Å²) < 4.78 is 30.5. The minimum absolute atomic E-state index is 0.000926. The van der Waals surface area contributed by atoms with Crippen molar-refractivity contribution in [3.63, 3.8) is 0 Å². The van der Waals surface area contributed by atoms with E-state index in [0.717, 1.165) is 12.1 Å². The molecule has 2 nitrogen and oxygen atoms in total. The molecule has 4 heteroatoms. The van der Waals surface area contributed by atoms with Gasteiger partial charge in [0.1, 0.15) is 12.4 Å². The number of benzene rings is 1. The van der Waals surface area contributed by atoms with Crippen LogP contribution in [0.3, 0.4) is 0 Å². The van der Waals surface area contributed by atoms with Gasteiger partial charge in [-0.1, -0.05) is 0 Å². The number of fused-ring (bicyclic) bond motifs is 1. The lowest BCUT2D eigenvalue weighted by atomic mass is 10.1. The highest BCUT2D eigenvalue weighted by Crippen LogP contribution is 2.27. The zero-order valence-electron chi connectivity index (χ0n) is 6.64. The van der Waals surface area contributed by atoms with Gasteiger partial charge in [-0.15, -0.1) is 0 Å². The number of ketones is 1. The van der Waals surface area contributed by atoms with Crippen molar-refractivity contribution in [2.45, 2.75) is 6.42 Å². The molecule has 13 heavy (non-hydrogen) atoms. The number of hydrogen-bond donors (Lipinski definition) is 0. The third-order valence-electron chi connectivity index (χ3n) is 1.85. The van der Waals surface area contributed by atoms with Crippen LogP contribution in [0.15, 0.2) is 12.1 Å². The molecule has 0 bridgehead atoms. The summed E-state index contributed by atoms with van der Waals surface area (Å²) in [6.45, 7) is -0.129. The molecule has 68 valence electrons. The van der Waals surface area contributed by atoms with Gasteiger partial charge in [-0.2, -0.15) is 0 Å². The molecule has 0 aliphatic carbocycles. The standard InChI is InChI=1S/C9H6F2O2/c10-6-1-5-2-7(12)4-13-9(5)8(11)3-6/h1,3H,2,4H2. The van der Waals surface area contributed by atoms with Gasteiger partial charge in [-0.3, -0.25) is 4.79 Å². The number of Topliss-reactive ketones (excluding diaryl/α,β-unsaturated/α-hetero) is 1. The first-order valence-corrected chi connectivity index (χ1v) is 3.79. The highest BCUT2D eigenvalue weighted by Gasteiger charge is 2.21. The van der Waals surface area contributed by atoms with Gasteiger partial charge in [0.15, 0.2) is 17.3 Å². The van der Waals surface area contributed by atoms with Gasteiger partial charge in [-0.25, -0.2) is 8.78 Å². The molecule has 0 unspecified atom stereocenters. The second kappa shape index (κ2) is 2.80. The number of hydrogen-bond acceptors (Lipinski definition) is 2. The lowest BCUT2D eigenvalue weighted by Gasteiger charge is -2.16. The fourth-order valence-electron chi connectivity index (χ4n) is 1.32. The quantitative estimate of drug-likeness (QED) is 0.610. The third-order valence-corrected chi connectivity index (χ3v) is 1.85. The van der Waals surface area contributed by atoms with Crippen molar-refractivity contribution in [2.75, 3.05) is 6.61 Å². The number of carbonyl (C=O) groups excluding carboxylic acids is 1. The van der Waals surface area contributed by atoms with Gasteiger partial charge >= 0.3 is 0 Å². The smallest absolute Gasteiger partial charge is 0.174 e. The van der Waals surface area contributed by atoms with Gasteiger partial charge in [-0.05, 0) is 6.07 Å². The van der Waals surface area contributed by atoms with Gasteiger partial charge in [0, 0.05) is 18.1 Å². The summed E-state index contributed by atoms with van der Waals surface area (Å²) >= 11 is 0. The maximum absolute atomic E-state index is 13.0. The van der Waals surface area contributed by atoms with E-state index in [1.165, 1.54) is 0 Å². The molecule has 0 spiro atoms. The topological polar surface area (TPSA) is 26.3 Å². The minimum Gasteiger partial charge on any atom is -0.482 e. The molecule has 0 saturated heterocycles. The van der Waals surface area contributed by atoms with E-state index in [4.69, 9.17) is 4.74 Å². The van der Waals surface area contributed by atoms with Crippen molar-refractivity contribution >= 4 is 5.78 Å². The van der Waals surface area contributed by atoms with Crippen molar-refractivity contribution in [3.05, 3.63) is 29.3 Å². The summed E-state index contributed by atoms with van der Waals surface area (Å²) in [4.78, 5) is 10.9. The molecule has 1 aromatic rings. The van der Waals surface area contributed by atoms with Crippen LogP contribution in [0.1, 0.15) is 5.56 Å². The van der Waals surface area contributed by atoms with Crippen LogP contribution in [0.4, 0.5) is 8.78 Å². The molecule has 0 aromatic heterocycles. The monoisotopic (exact) mass is 184 g/mol. The van der Waals surface area contributed by atoms with Gasteiger partial charge < -0.3 is 4.74 Å². The first-order chi connectivity index (χ1) is 6.16. The van der Waals surface area contributed by atoms with Crippen molar-refractivity contribution in [2.24, 2.45) is 0 Å². The Labute approximate surface area is 73.1 Å². The molecule has 0 N–H and O–H groups in total. The molecule has 2 rings (SSSR count). The Bertz CT molecular complexity index is 374. The number of halogens is 2. The van der Waals surface area contributed by atoms with Crippen LogP contribution in [0.25, 0.3) is 0 Å². The van der Waals surface area contributed by atoms with Crippen molar-refractivity contribution in [1.82, 2.24) is 0 Å². The van der Waals surface area contributed by atoms with Crippen LogP contribution in [0.5, 0.6) is 5.75 Å². The normalized spacial score (nSPS) is 15.1. The molecule has 1 aromatic carbocycles. The molecular formula is C9H6F2O2. The molecule has 0 amide bonds. The first-order valence-electron chi connectivity index (χ1n) is 3.79. The zero-order chi connectivity index (χ0) is 9.42. The highest BCUT2D eigenvalue weighted by molar-refractivity contribution is 5.84. The maximum atomic E-state index is 13.0. The van der Waals surface area contributed by atoms with Gasteiger partial charge in [0.2, 0.25) is 0 Å². The van der Waals surface area contributed by atoms with Gasteiger partial charge in [0.05, 0.1) is 0 Å². The predicted octanol–water partition coefficient (Wildman–Crippen LogP) is 1.47. The first kappa shape index (κ1) is 8.16. The summed E-state index contributed by atoms with van der Waals surface area (Å²) in [7, 11) is 0. The predicted molar refractivity (Wildman–Crippen MR) is 40.6 cm³/mol. The summed E-state index contributed by atoms with van der Waals surface area (Å²) in [5.74, 6) is -1.60. The Balaban J connectivity index is 2.53. The van der Waals surface area contributed by atoms with Crippen LogP contribution >= 0.6 is 0 Å². The molecule has 0 atom stereocenters. The molecule has 0 saturated carbocycles. The Morgan fingerprint density at radius 3 is 2.85 bits per heavy atom. The summed E-state index contributed by atoms with van der Waals surface area (Å²) in [5.41, 5.74) is 0.286. The molecule has 0 fully saturated rings. The van der Waals surface area contributed by atoms with Crippen LogP contribution in [0.2, 0.25) is 0 Å². The van der Waals surface area contributed by atoms with Crippen molar-refractivity contribution in [3.8, 4) is 5.75 Å². The van der Waals surface area contributed by atoms with Crippen LogP contribution in [0, 0.1) is 11.6 Å². The number of rotatable bonds is 0. The SMILES string of the molecule is O=C1COc2c(F)cc(F)cc2C1. The van der Waals surface area contributed by atoms with E-state index in [1.54, 1.807) is 0 Å². The van der Waals surface area contributed by atoms with E-state index in [2.05, 4.69) is 0 Å². The van der Waals surface area contributed by atoms with Crippen LogP contribution in [-0.2, 0) is 11.2 Å². The van der Waals surface area contributed by atoms with E-state index in [9.17, 15) is 13.6 Å². The van der Waals surface area contributed by atoms with Crippen LogP contribution < -0.4 is 4.74 Å². The molecule has 1 aliphatic heterocycles. The van der Waals surface area contributed by atoms with Gasteiger partial charge in [0.25, 0.3) is 0 Å². The Kier molecular flexibility index (Phi) is 1.76. The summed E-state index contributed by atoms with van der Waals surface area (Å²) in [6, 6.07) is 1.87. The lowest BCUT2D eigenvalue weighted by molar-refractivity contribution is -0.121. The second-order valence-electron chi connectivity index (χ2n) is 2.88. The zero-order valence-corrected chi connectivity index (χ0v) is 6.64. The summed E-state index contributed by atoms with van der Waals surface area (Å²) in [5, 5.41) is 0. The molecule has 0 radical (unpaired) electrons. The lowest BCUT2D eigenvalue weighted by Crippen LogP contribution is -2.21. The summed E-state index contributed by atoms with van der Waals surface area (Å²) in [6.07, 6.45) is 0.0456. The maximum Gasteiger partial charge on any atom is 0.174 e. The Morgan fingerprint density at radius 1 is 1.31 bits per heavy atom. The number of carbonyl (C=O) groups is 1. The van der Waals surface area contributed by atoms with E-state index >= 15 is 0 Å². The molecule has 1 aliphatic rings. The van der Waals surface area contributed by atoms with Crippen LogP contribution in [-0.4, -0.2) is 12.4 Å². The molecule has 1 heterocycles. The Hall–Kier alpha value is -1.45. The average molecular weight is 184 g/mol. The highest BCUT2D eigenvalue weighted by atomic mass is 19.1. The minimum atomic E-state index is -0.748.